The predicted octanol–water partition coefficient (Wildman–Crippen LogP) is 4.13. The fourth-order valence-corrected chi connectivity index (χ4v) is 4.14. The molecule has 0 bridgehead atoms. The molecule has 0 N–H and O–H groups in total. The monoisotopic (exact) mass is 353 g/mol. The lowest BCUT2D eigenvalue weighted by molar-refractivity contribution is -0.615. The van der Waals surface area contributed by atoms with Crippen LogP contribution in [0.1, 0.15) is 43.7 Å². The number of hydrogen-bond donors (Lipinski definition) is 0. The SMILES string of the molecule is [O-][n+]1cc2ccccc2c(I)c1C1CCCCC1. The van der Waals surface area contributed by atoms with Gasteiger partial charge in [-0.1, -0.05) is 37.5 Å². The van der Waals surface area contributed by atoms with Gasteiger partial charge >= 0.3 is 0 Å². The molecule has 1 aliphatic rings. The second kappa shape index (κ2) is 5.03. The van der Waals surface area contributed by atoms with Crippen molar-refractivity contribution in [3.63, 3.8) is 0 Å². The fourth-order valence-electron chi connectivity index (χ4n) is 2.98. The molecule has 0 saturated heterocycles. The lowest BCUT2D eigenvalue weighted by Crippen LogP contribution is -2.35. The van der Waals surface area contributed by atoms with E-state index in [-0.39, 0.29) is 0 Å². The molecule has 1 aromatic carbocycles. The first-order chi connectivity index (χ1) is 8.77. The quantitative estimate of drug-likeness (QED) is 0.430. The first-order valence-corrected chi connectivity index (χ1v) is 7.65. The molecule has 2 aromatic rings. The lowest BCUT2D eigenvalue weighted by atomic mass is 9.86. The molecule has 0 unspecified atom stereocenters. The van der Waals surface area contributed by atoms with Crippen molar-refractivity contribution in [1.29, 1.82) is 0 Å². The average Bonchev–Trinajstić information content (AvgIpc) is 2.40. The molecule has 3 heteroatoms. The Bertz CT molecular complexity index is 576. The van der Waals surface area contributed by atoms with Gasteiger partial charge in [-0.15, -0.1) is 0 Å². The Labute approximate surface area is 121 Å². The van der Waals surface area contributed by atoms with Crippen LogP contribution in [0.15, 0.2) is 30.5 Å². The van der Waals surface area contributed by atoms with Crippen molar-refractivity contribution >= 4 is 33.4 Å². The summed E-state index contributed by atoms with van der Waals surface area (Å²) in [6.07, 6.45) is 7.90. The van der Waals surface area contributed by atoms with E-state index in [0.29, 0.717) is 5.92 Å². The number of hydrogen-bond acceptors (Lipinski definition) is 1. The normalized spacial score (nSPS) is 17.2. The minimum absolute atomic E-state index is 0.452. The predicted molar refractivity (Wildman–Crippen MR) is 81.5 cm³/mol. The third-order valence-electron chi connectivity index (χ3n) is 3.91. The second-order valence-electron chi connectivity index (χ2n) is 5.08. The van der Waals surface area contributed by atoms with E-state index in [1.54, 1.807) is 6.20 Å². The lowest BCUT2D eigenvalue weighted by Gasteiger charge is -2.22. The maximum Gasteiger partial charge on any atom is 0.209 e. The van der Waals surface area contributed by atoms with E-state index in [1.165, 1.54) is 24.6 Å². The number of halogens is 1. The zero-order chi connectivity index (χ0) is 12.5. The van der Waals surface area contributed by atoms with Gasteiger partial charge in [0, 0.05) is 16.7 Å². The molecule has 0 spiro atoms. The Morgan fingerprint density at radius 3 is 2.61 bits per heavy atom. The van der Waals surface area contributed by atoms with Crippen LogP contribution < -0.4 is 4.73 Å². The summed E-state index contributed by atoms with van der Waals surface area (Å²) in [5.74, 6) is 0.452. The van der Waals surface area contributed by atoms with Gasteiger partial charge in [0.2, 0.25) is 5.69 Å². The van der Waals surface area contributed by atoms with Crippen molar-refractivity contribution in [3.8, 4) is 0 Å². The summed E-state index contributed by atoms with van der Waals surface area (Å²) in [7, 11) is 0. The highest BCUT2D eigenvalue weighted by Crippen LogP contribution is 2.35. The van der Waals surface area contributed by atoms with Crippen LogP contribution in [0.5, 0.6) is 0 Å². The highest BCUT2D eigenvalue weighted by Gasteiger charge is 2.26. The average molecular weight is 353 g/mol. The molecule has 0 atom stereocenters. The molecule has 1 fully saturated rings. The van der Waals surface area contributed by atoms with Crippen molar-refractivity contribution in [2.24, 2.45) is 0 Å². The third kappa shape index (κ3) is 2.09. The van der Waals surface area contributed by atoms with Gasteiger partial charge in [0.25, 0.3) is 0 Å². The molecule has 0 aliphatic heterocycles. The number of nitrogens with zero attached hydrogens (tertiary/aromatic N) is 1. The van der Waals surface area contributed by atoms with E-state index in [2.05, 4.69) is 28.7 Å². The van der Waals surface area contributed by atoms with Crippen LogP contribution in [0.3, 0.4) is 0 Å². The van der Waals surface area contributed by atoms with E-state index >= 15 is 0 Å². The Balaban J connectivity index is 2.15. The van der Waals surface area contributed by atoms with E-state index in [0.717, 1.165) is 32.2 Å². The van der Waals surface area contributed by atoms with Crippen molar-refractivity contribution in [2.75, 3.05) is 0 Å². The topological polar surface area (TPSA) is 26.9 Å². The van der Waals surface area contributed by atoms with E-state index < -0.39 is 0 Å². The zero-order valence-electron chi connectivity index (χ0n) is 10.2. The third-order valence-corrected chi connectivity index (χ3v) is 5.04. The first-order valence-electron chi connectivity index (χ1n) is 6.57. The molecular formula is C15H16INO. The summed E-state index contributed by atoms with van der Waals surface area (Å²) < 4.78 is 2.26. The van der Waals surface area contributed by atoms with Gasteiger partial charge in [-0.2, -0.15) is 4.73 Å². The van der Waals surface area contributed by atoms with Crippen LogP contribution in [0.2, 0.25) is 0 Å². The molecule has 2 nitrogen and oxygen atoms in total. The standard InChI is InChI=1S/C15H16INO/c16-14-13-9-5-4-8-12(13)10-17(18)15(14)11-6-2-1-3-7-11/h4-5,8-11H,1-3,6-7H2. The summed E-state index contributed by atoms with van der Waals surface area (Å²) >= 11 is 2.35. The van der Waals surface area contributed by atoms with Gasteiger partial charge in [-0.3, -0.25) is 0 Å². The Morgan fingerprint density at radius 2 is 1.83 bits per heavy atom. The molecule has 0 amide bonds. The van der Waals surface area contributed by atoms with Crippen molar-refractivity contribution in [2.45, 2.75) is 38.0 Å². The van der Waals surface area contributed by atoms with Crippen LogP contribution in [0.4, 0.5) is 0 Å². The van der Waals surface area contributed by atoms with Crippen LogP contribution in [0, 0.1) is 8.78 Å². The molecular weight excluding hydrogens is 337 g/mol. The molecule has 18 heavy (non-hydrogen) atoms. The number of fused-ring (bicyclic) bond motifs is 1. The van der Waals surface area contributed by atoms with E-state index in [1.807, 2.05) is 18.2 Å². The van der Waals surface area contributed by atoms with Gasteiger partial charge < -0.3 is 5.21 Å². The van der Waals surface area contributed by atoms with E-state index in [9.17, 15) is 5.21 Å². The summed E-state index contributed by atoms with van der Waals surface area (Å²) in [6, 6.07) is 8.16. The number of aromatic nitrogens is 1. The van der Waals surface area contributed by atoms with Crippen LogP contribution in [0.25, 0.3) is 10.8 Å². The maximum atomic E-state index is 12.3. The smallest absolute Gasteiger partial charge is 0.209 e. The van der Waals surface area contributed by atoms with Crippen molar-refractivity contribution in [3.05, 3.63) is 44.9 Å². The zero-order valence-corrected chi connectivity index (χ0v) is 12.4. The molecule has 3 rings (SSSR count). The fraction of sp³-hybridized carbons (Fsp3) is 0.400. The van der Waals surface area contributed by atoms with Crippen molar-refractivity contribution < 1.29 is 4.73 Å². The molecule has 1 saturated carbocycles. The minimum atomic E-state index is 0.452. The van der Waals surface area contributed by atoms with E-state index in [4.69, 9.17) is 0 Å². The van der Waals surface area contributed by atoms with Gasteiger partial charge in [-0.25, -0.2) is 0 Å². The van der Waals surface area contributed by atoms with Gasteiger partial charge in [0.05, 0.1) is 3.57 Å². The maximum absolute atomic E-state index is 12.3. The largest absolute Gasteiger partial charge is 0.618 e. The van der Waals surface area contributed by atoms with Crippen LogP contribution in [-0.4, -0.2) is 0 Å². The van der Waals surface area contributed by atoms with Gasteiger partial charge in [-0.05, 0) is 41.5 Å². The molecule has 0 radical (unpaired) electrons. The molecule has 1 aromatic heterocycles. The van der Waals surface area contributed by atoms with Crippen molar-refractivity contribution in [1.82, 2.24) is 0 Å². The highest BCUT2D eigenvalue weighted by atomic mass is 127. The summed E-state index contributed by atoms with van der Waals surface area (Å²) in [4.78, 5) is 0. The number of benzene rings is 1. The Kier molecular flexibility index (Phi) is 3.41. The second-order valence-corrected chi connectivity index (χ2v) is 6.16. The van der Waals surface area contributed by atoms with Crippen LogP contribution in [-0.2, 0) is 0 Å². The number of rotatable bonds is 1. The van der Waals surface area contributed by atoms with Gasteiger partial charge in [0.1, 0.15) is 0 Å². The summed E-state index contributed by atoms with van der Waals surface area (Å²) in [5, 5.41) is 14.5. The Morgan fingerprint density at radius 1 is 1.11 bits per heavy atom. The van der Waals surface area contributed by atoms with Gasteiger partial charge in [0.15, 0.2) is 6.20 Å². The molecule has 1 heterocycles. The highest BCUT2D eigenvalue weighted by molar-refractivity contribution is 14.1. The first kappa shape index (κ1) is 12.2. The molecule has 1 aliphatic carbocycles. The Hall–Kier alpha value is -0.840. The van der Waals surface area contributed by atoms with Crippen LogP contribution >= 0.6 is 22.6 Å². The minimum Gasteiger partial charge on any atom is -0.618 e. The number of pyridine rings is 1. The summed E-state index contributed by atoms with van der Waals surface area (Å²) in [6.45, 7) is 0. The molecule has 94 valence electrons. The summed E-state index contributed by atoms with van der Waals surface area (Å²) in [5.41, 5.74) is 0.994.